The first-order valence-electron chi connectivity index (χ1n) is 3.70. The third kappa shape index (κ3) is 3.04. The van der Waals surface area contributed by atoms with Crippen molar-refractivity contribution in [3.63, 3.8) is 0 Å². The summed E-state index contributed by atoms with van der Waals surface area (Å²) in [5.41, 5.74) is 0. The Hall–Kier alpha value is -1.02. The van der Waals surface area contributed by atoms with E-state index >= 15 is 0 Å². The zero-order valence-electron chi connectivity index (χ0n) is 7.40. The average Bonchev–Trinajstić information content (AvgIpc) is 2.17. The van der Waals surface area contributed by atoms with E-state index in [4.69, 9.17) is 20.4 Å². The lowest BCUT2D eigenvalue weighted by Gasteiger charge is -2.23. The van der Waals surface area contributed by atoms with Crippen molar-refractivity contribution >= 4 is 12.3 Å². The molecule has 14 heavy (non-hydrogen) atoms. The smallest absolute Gasteiger partial charge is 0.335 e. The van der Waals surface area contributed by atoms with Gasteiger partial charge in [-0.05, 0) is 0 Å². The van der Waals surface area contributed by atoms with Crippen LogP contribution >= 0.6 is 0 Å². The van der Waals surface area contributed by atoms with E-state index in [1.165, 1.54) is 0 Å². The minimum atomic E-state index is -2.16. The van der Waals surface area contributed by atoms with Crippen LogP contribution in [0, 0.1) is 0 Å². The van der Waals surface area contributed by atoms with Crippen LogP contribution in [-0.2, 0) is 14.3 Å². The topological polar surface area (TPSA) is 124 Å². The Balaban J connectivity index is 4.43. The predicted octanol–water partition coefficient (Wildman–Crippen LogP) is -2.63. The number of methoxy groups -OCH3 is 1. The molecule has 0 radical (unpaired) electrons. The molecule has 7 heteroatoms. The molecule has 0 bridgehead atoms. The fourth-order valence-electron chi connectivity index (χ4n) is 0.803. The molecule has 0 aliphatic rings. The number of hydrogen-bond donors (Lipinski definition) is 4. The average molecular weight is 208 g/mol. The molecule has 0 aliphatic carbocycles. The first-order chi connectivity index (χ1) is 6.45. The number of carbonyl (C=O) groups excluding carboxylic acids is 1. The molecular weight excluding hydrogens is 196 g/mol. The predicted molar refractivity (Wildman–Crippen MR) is 42.5 cm³/mol. The number of carbonyl (C=O) groups is 2. The van der Waals surface area contributed by atoms with E-state index in [0.717, 1.165) is 7.11 Å². The molecule has 7 nitrogen and oxygen atoms in total. The third-order valence-corrected chi connectivity index (χ3v) is 1.67. The fraction of sp³-hybridized carbons (Fsp3) is 0.714. The Labute approximate surface area is 79.5 Å². The normalized spacial score (nSPS) is 19.4. The largest absolute Gasteiger partial charge is 0.479 e. The summed E-state index contributed by atoms with van der Waals surface area (Å²) in [6.45, 7) is 0. The first-order valence-corrected chi connectivity index (χ1v) is 3.70. The Kier molecular flexibility index (Phi) is 5.24. The van der Waals surface area contributed by atoms with Gasteiger partial charge in [-0.2, -0.15) is 0 Å². The lowest BCUT2D eigenvalue weighted by molar-refractivity contribution is -0.165. The van der Waals surface area contributed by atoms with Gasteiger partial charge in [0.15, 0.2) is 12.4 Å². The molecule has 0 heterocycles. The maximum absolute atomic E-state index is 10.2. The maximum atomic E-state index is 10.2. The van der Waals surface area contributed by atoms with Gasteiger partial charge in [-0.1, -0.05) is 0 Å². The van der Waals surface area contributed by atoms with Gasteiger partial charge in [0.2, 0.25) is 0 Å². The molecule has 82 valence electrons. The van der Waals surface area contributed by atoms with Crippen molar-refractivity contribution in [2.45, 2.75) is 24.4 Å². The van der Waals surface area contributed by atoms with Crippen LogP contribution in [0.2, 0.25) is 0 Å². The second kappa shape index (κ2) is 5.66. The van der Waals surface area contributed by atoms with Crippen molar-refractivity contribution in [2.24, 2.45) is 0 Å². The van der Waals surface area contributed by atoms with Gasteiger partial charge in [-0.3, -0.25) is 0 Å². The SMILES string of the molecule is CO[C@@H](C=O)[C@@H](O)[C@@H](O)[C@H](O)C(=O)O. The van der Waals surface area contributed by atoms with Crippen LogP contribution in [-0.4, -0.2) is 64.2 Å². The van der Waals surface area contributed by atoms with Crippen molar-refractivity contribution in [3.05, 3.63) is 0 Å². The highest BCUT2D eigenvalue weighted by molar-refractivity contribution is 5.73. The number of aldehydes is 1. The van der Waals surface area contributed by atoms with Gasteiger partial charge < -0.3 is 30.0 Å². The van der Waals surface area contributed by atoms with Gasteiger partial charge in [0.05, 0.1) is 0 Å². The fourth-order valence-corrected chi connectivity index (χ4v) is 0.803. The molecule has 0 fully saturated rings. The van der Waals surface area contributed by atoms with Gasteiger partial charge in [0.25, 0.3) is 0 Å². The number of ether oxygens (including phenoxy) is 1. The second-order valence-electron chi connectivity index (χ2n) is 2.60. The van der Waals surface area contributed by atoms with E-state index in [0.29, 0.717) is 0 Å². The molecule has 0 aromatic carbocycles. The number of carboxylic acid groups (broad SMARTS) is 1. The van der Waals surface area contributed by atoms with E-state index in [1.54, 1.807) is 0 Å². The number of aliphatic carboxylic acids is 1. The Morgan fingerprint density at radius 3 is 2.07 bits per heavy atom. The van der Waals surface area contributed by atoms with Crippen LogP contribution in [0.15, 0.2) is 0 Å². The summed E-state index contributed by atoms with van der Waals surface area (Å²) in [5.74, 6) is -1.70. The number of hydrogen-bond acceptors (Lipinski definition) is 6. The number of rotatable bonds is 6. The molecular formula is C7H12O7. The molecule has 0 saturated heterocycles. The molecule has 4 atom stereocenters. The van der Waals surface area contributed by atoms with Crippen LogP contribution in [0.3, 0.4) is 0 Å². The van der Waals surface area contributed by atoms with Gasteiger partial charge in [0, 0.05) is 7.11 Å². The molecule has 0 amide bonds. The highest BCUT2D eigenvalue weighted by atomic mass is 16.5. The van der Waals surface area contributed by atoms with Crippen LogP contribution in [0.1, 0.15) is 0 Å². The second-order valence-corrected chi connectivity index (χ2v) is 2.60. The zero-order valence-corrected chi connectivity index (χ0v) is 7.40. The third-order valence-electron chi connectivity index (χ3n) is 1.67. The van der Waals surface area contributed by atoms with Crippen molar-refractivity contribution in [2.75, 3.05) is 7.11 Å². The van der Waals surface area contributed by atoms with Crippen molar-refractivity contribution in [3.8, 4) is 0 Å². The molecule has 0 aromatic rings. The minimum Gasteiger partial charge on any atom is -0.479 e. The number of aliphatic hydroxyl groups is 3. The molecule has 4 N–H and O–H groups in total. The first kappa shape index (κ1) is 13.0. The summed E-state index contributed by atoms with van der Waals surface area (Å²) in [5, 5.41) is 35.3. The lowest BCUT2D eigenvalue weighted by Crippen LogP contribution is -2.48. The minimum absolute atomic E-state index is 0.197. The molecule has 0 saturated carbocycles. The number of carboxylic acids is 1. The molecule has 0 rings (SSSR count). The van der Waals surface area contributed by atoms with Crippen LogP contribution in [0.25, 0.3) is 0 Å². The van der Waals surface area contributed by atoms with E-state index in [2.05, 4.69) is 4.74 Å². The summed E-state index contributed by atoms with van der Waals surface area (Å²) in [6, 6.07) is 0. The van der Waals surface area contributed by atoms with Crippen molar-refractivity contribution in [1.82, 2.24) is 0 Å². The van der Waals surface area contributed by atoms with E-state index in [9.17, 15) is 9.59 Å². The quantitative estimate of drug-likeness (QED) is 0.352. The van der Waals surface area contributed by atoms with E-state index in [-0.39, 0.29) is 6.29 Å². The summed E-state index contributed by atoms with van der Waals surface area (Å²) >= 11 is 0. The van der Waals surface area contributed by atoms with Crippen LogP contribution in [0.5, 0.6) is 0 Å². The molecule has 0 aliphatic heterocycles. The monoisotopic (exact) mass is 208 g/mol. The Bertz CT molecular complexity index is 198. The van der Waals surface area contributed by atoms with E-state index < -0.39 is 30.4 Å². The molecule has 0 spiro atoms. The summed E-state index contributed by atoms with van der Waals surface area (Å²) in [4.78, 5) is 20.4. The van der Waals surface area contributed by atoms with E-state index in [1.807, 2.05) is 0 Å². The molecule has 0 aromatic heterocycles. The number of aliphatic hydroxyl groups excluding tert-OH is 3. The highest BCUT2D eigenvalue weighted by Crippen LogP contribution is 2.06. The zero-order chi connectivity index (χ0) is 11.3. The van der Waals surface area contributed by atoms with Crippen molar-refractivity contribution in [1.29, 1.82) is 0 Å². The highest BCUT2D eigenvalue weighted by Gasteiger charge is 2.34. The van der Waals surface area contributed by atoms with Gasteiger partial charge in [-0.15, -0.1) is 0 Å². The summed E-state index contributed by atoms with van der Waals surface area (Å²) in [7, 11) is 1.10. The van der Waals surface area contributed by atoms with Gasteiger partial charge in [0.1, 0.15) is 18.3 Å². The van der Waals surface area contributed by atoms with Crippen LogP contribution in [0.4, 0.5) is 0 Å². The van der Waals surface area contributed by atoms with Gasteiger partial charge >= 0.3 is 5.97 Å². The maximum Gasteiger partial charge on any atom is 0.335 e. The molecule has 0 unspecified atom stereocenters. The Morgan fingerprint density at radius 1 is 1.29 bits per heavy atom. The summed E-state index contributed by atoms with van der Waals surface area (Å²) < 4.78 is 4.43. The standard InChI is InChI=1S/C7H12O7/c1-14-3(2-8)4(9)5(10)6(11)7(12)13/h2-6,9-11H,1H3,(H,12,13)/t3-,4+,5+,6-/m0/s1. The lowest BCUT2D eigenvalue weighted by atomic mass is 10.0. The van der Waals surface area contributed by atoms with Crippen LogP contribution < -0.4 is 0 Å². The summed E-state index contributed by atoms with van der Waals surface area (Å²) in [6.07, 6.45) is -7.12. The van der Waals surface area contributed by atoms with Gasteiger partial charge in [-0.25, -0.2) is 4.79 Å². The van der Waals surface area contributed by atoms with Crippen molar-refractivity contribution < 1.29 is 34.8 Å². The Morgan fingerprint density at radius 2 is 1.79 bits per heavy atom.